The number of nitro groups is 1. The molecule has 0 aliphatic heterocycles. The molecule has 0 aliphatic carbocycles. The van der Waals surface area contributed by atoms with Crippen LogP contribution in [0.4, 0.5) is 21.5 Å². The summed E-state index contributed by atoms with van der Waals surface area (Å²) in [6, 6.07) is 7.47. The van der Waals surface area contributed by atoms with Gasteiger partial charge in [0.25, 0.3) is 11.6 Å². The number of benzene rings is 2. The first-order valence-corrected chi connectivity index (χ1v) is 8.40. The molecule has 28 heavy (non-hydrogen) atoms. The number of carbonyl (C=O) groups excluding carboxylic acids is 2. The fraction of sp³-hybridized carbons (Fsp3) is 0.222. The first kappa shape index (κ1) is 21.1. The highest BCUT2D eigenvalue weighted by molar-refractivity contribution is 6.31. The van der Waals surface area contributed by atoms with Crippen LogP contribution in [-0.2, 0) is 9.53 Å². The average molecular weight is 410 g/mol. The summed E-state index contributed by atoms with van der Waals surface area (Å²) in [7, 11) is 3.27. The Hall–Kier alpha value is -3.20. The van der Waals surface area contributed by atoms with Crippen LogP contribution in [0.3, 0.4) is 0 Å². The van der Waals surface area contributed by atoms with Crippen LogP contribution in [0.2, 0.25) is 5.02 Å². The van der Waals surface area contributed by atoms with Gasteiger partial charge in [-0.05, 0) is 37.3 Å². The summed E-state index contributed by atoms with van der Waals surface area (Å²) < 4.78 is 18.2. The second-order valence-corrected chi connectivity index (χ2v) is 6.43. The van der Waals surface area contributed by atoms with Gasteiger partial charge in [-0.3, -0.25) is 14.9 Å². The number of halogens is 2. The Morgan fingerprint density at radius 3 is 2.50 bits per heavy atom. The predicted molar refractivity (Wildman–Crippen MR) is 102 cm³/mol. The molecule has 0 spiro atoms. The number of nitro benzene ring substituents is 1. The van der Waals surface area contributed by atoms with Gasteiger partial charge in [-0.2, -0.15) is 0 Å². The summed E-state index contributed by atoms with van der Waals surface area (Å²) in [5.74, 6) is -2.20. The highest BCUT2D eigenvalue weighted by atomic mass is 35.5. The first-order chi connectivity index (χ1) is 13.1. The molecule has 1 N–H and O–H groups in total. The van der Waals surface area contributed by atoms with E-state index >= 15 is 0 Å². The van der Waals surface area contributed by atoms with Gasteiger partial charge in [-0.25, -0.2) is 9.18 Å². The fourth-order valence-corrected chi connectivity index (χ4v) is 2.46. The lowest BCUT2D eigenvalue weighted by atomic mass is 10.1. The lowest BCUT2D eigenvalue weighted by molar-refractivity contribution is -0.384. The van der Waals surface area contributed by atoms with Crippen LogP contribution in [0.1, 0.15) is 17.3 Å². The van der Waals surface area contributed by atoms with E-state index in [2.05, 4.69) is 5.32 Å². The van der Waals surface area contributed by atoms with Gasteiger partial charge in [-0.1, -0.05) is 11.6 Å². The Labute approximate surface area is 165 Å². The molecule has 0 radical (unpaired) electrons. The third-order valence-electron chi connectivity index (χ3n) is 3.73. The van der Waals surface area contributed by atoms with Crippen molar-refractivity contribution in [3.8, 4) is 0 Å². The lowest BCUT2D eigenvalue weighted by Gasteiger charge is -2.15. The van der Waals surface area contributed by atoms with Crippen molar-refractivity contribution in [2.75, 3.05) is 24.3 Å². The number of nitrogens with zero attached hydrogens (tertiary/aromatic N) is 2. The molecule has 0 aliphatic rings. The van der Waals surface area contributed by atoms with Crippen molar-refractivity contribution in [2.45, 2.75) is 13.0 Å². The van der Waals surface area contributed by atoms with Crippen LogP contribution in [0.5, 0.6) is 0 Å². The second-order valence-electron chi connectivity index (χ2n) is 6.02. The van der Waals surface area contributed by atoms with Gasteiger partial charge >= 0.3 is 5.97 Å². The minimum absolute atomic E-state index is 0.0678. The number of ether oxygens (including phenoxy) is 1. The van der Waals surface area contributed by atoms with Gasteiger partial charge in [0.15, 0.2) is 6.10 Å². The minimum Gasteiger partial charge on any atom is -0.449 e. The minimum atomic E-state index is -1.20. The maximum absolute atomic E-state index is 13.2. The normalized spacial score (nSPS) is 11.5. The molecule has 148 valence electrons. The number of amides is 1. The van der Waals surface area contributed by atoms with Crippen LogP contribution in [0, 0.1) is 15.9 Å². The molecule has 0 unspecified atom stereocenters. The molecule has 0 aromatic heterocycles. The number of anilines is 2. The molecule has 0 heterocycles. The van der Waals surface area contributed by atoms with E-state index in [1.165, 1.54) is 36.1 Å². The molecule has 2 aromatic rings. The van der Waals surface area contributed by atoms with Crippen molar-refractivity contribution in [3.63, 3.8) is 0 Å². The Kier molecular flexibility index (Phi) is 6.53. The SMILES string of the molecule is C[C@H](OC(=O)c1ccc(N(C)C)c([N+](=O)[O-])c1)C(=O)Nc1ccc(F)c(Cl)c1. The summed E-state index contributed by atoms with van der Waals surface area (Å²) >= 11 is 5.65. The molecule has 0 saturated carbocycles. The zero-order valence-corrected chi connectivity index (χ0v) is 16.0. The van der Waals surface area contributed by atoms with Gasteiger partial charge in [0.1, 0.15) is 11.5 Å². The molecule has 2 rings (SSSR count). The third-order valence-corrected chi connectivity index (χ3v) is 4.02. The van der Waals surface area contributed by atoms with Gasteiger partial charge < -0.3 is 15.0 Å². The van der Waals surface area contributed by atoms with Crippen molar-refractivity contribution in [2.24, 2.45) is 0 Å². The highest BCUT2D eigenvalue weighted by Gasteiger charge is 2.23. The topological polar surface area (TPSA) is 102 Å². The molecular weight excluding hydrogens is 393 g/mol. The van der Waals surface area contributed by atoms with E-state index in [1.807, 2.05) is 0 Å². The van der Waals surface area contributed by atoms with Gasteiger partial charge in [-0.15, -0.1) is 0 Å². The molecule has 10 heteroatoms. The van der Waals surface area contributed by atoms with Crippen LogP contribution >= 0.6 is 11.6 Å². The molecule has 8 nitrogen and oxygen atoms in total. The van der Waals surface area contributed by atoms with E-state index in [1.54, 1.807) is 14.1 Å². The molecule has 1 atom stereocenters. The van der Waals surface area contributed by atoms with E-state index in [4.69, 9.17) is 16.3 Å². The van der Waals surface area contributed by atoms with E-state index < -0.39 is 28.7 Å². The van der Waals surface area contributed by atoms with Crippen molar-refractivity contribution in [1.29, 1.82) is 0 Å². The number of hydrogen-bond acceptors (Lipinski definition) is 6. The van der Waals surface area contributed by atoms with Gasteiger partial charge in [0.2, 0.25) is 0 Å². The average Bonchev–Trinajstić information content (AvgIpc) is 2.63. The zero-order valence-electron chi connectivity index (χ0n) is 15.2. The number of nitrogens with one attached hydrogen (secondary N) is 1. The van der Waals surface area contributed by atoms with Crippen LogP contribution in [0.25, 0.3) is 0 Å². The van der Waals surface area contributed by atoms with E-state index in [0.29, 0.717) is 5.69 Å². The molecular formula is C18H17ClFN3O5. The summed E-state index contributed by atoms with van der Waals surface area (Å²) in [5.41, 5.74) is 0.213. The number of hydrogen-bond donors (Lipinski definition) is 1. The quantitative estimate of drug-likeness (QED) is 0.444. The molecule has 0 saturated heterocycles. The summed E-state index contributed by atoms with van der Waals surface area (Å²) in [6.07, 6.45) is -1.20. The largest absolute Gasteiger partial charge is 0.449 e. The van der Waals surface area contributed by atoms with Crippen LogP contribution in [0.15, 0.2) is 36.4 Å². The smallest absolute Gasteiger partial charge is 0.339 e. The Balaban J connectivity index is 2.10. The van der Waals surface area contributed by atoms with Gasteiger partial charge in [0, 0.05) is 25.8 Å². The third kappa shape index (κ3) is 4.95. The van der Waals surface area contributed by atoms with Crippen molar-refractivity contribution < 1.29 is 23.6 Å². The molecule has 0 fully saturated rings. The van der Waals surface area contributed by atoms with E-state index in [9.17, 15) is 24.1 Å². The Morgan fingerprint density at radius 2 is 1.93 bits per heavy atom. The molecule has 1 amide bonds. The number of rotatable bonds is 6. The first-order valence-electron chi connectivity index (χ1n) is 8.02. The van der Waals surface area contributed by atoms with Crippen molar-refractivity contribution in [3.05, 3.63) is 62.9 Å². The molecule has 2 aromatic carbocycles. The van der Waals surface area contributed by atoms with Crippen molar-refractivity contribution >= 4 is 40.5 Å². The molecule has 0 bridgehead atoms. The van der Waals surface area contributed by atoms with Crippen molar-refractivity contribution in [1.82, 2.24) is 0 Å². The van der Waals surface area contributed by atoms with Crippen LogP contribution in [-0.4, -0.2) is 37.0 Å². The van der Waals surface area contributed by atoms with E-state index in [0.717, 1.165) is 12.1 Å². The summed E-state index contributed by atoms with van der Waals surface area (Å²) in [5, 5.41) is 13.5. The van der Waals surface area contributed by atoms with Crippen LogP contribution < -0.4 is 10.2 Å². The monoisotopic (exact) mass is 409 g/mol. The lowest BCUT2D eigenvalue weighted by Crippen LogP contribution is -2.30. The maximum atomic E-state index is 13.2. The Bertz CT molecular complexity index is 935. The standard InChI is InChI=1S/C18H17ClFN3O5/c1-10(17(24)21-12-5-6-14(20)13(19)9-12)28-18(25)11-4-7-15(22(2)3)16(8-11)23(26)27/h4-10H,1-3H3,(H,21,24)/t10-/m0/s1. The second kappa shape index (κ2) is 8.66. The zero-order chi connectivity index (χ0) is 21.0. The maximum Gasteiger partial charge on any atom is 0.339 e. The van der Waals surface area contributed by atoms with E-state index in [-0.39, 0.29) is 22.0 Å². The summed E-state index contributed by atoms with van der Waals surface area (Å²) in [4.78, 5) is 36.6. The Morgan fingerprint density at radius 1 is 1.25 bits per heavy atom. The fourth-order valence-electron chi connectivity index (χ4n) is 2.27. The number of carbonyl (C=O) groups is 2. The number of esters is 1. The van der Waals surface area contributed by atoms with Gasteiger partial charge in [0.05, 0.1) is 15.5 Å². The predicted octanol–water partition coefficient (Wildman–Crippen LogP) is 3.64. The highest BCUT2D eigenvalue weighted by Crippen LogP contribution is 2.28. The summed E-state index contributed by atoms with van der Waals surface area (Å²) in [6.45, 7) is 1.33.